The van der Waals surface area contributed by atoms with Gasteiger partial charge < -0.3 is 19.7 Å². The molecule has 4 nitrogen and oxygen atoms in total. The lowest BCUT2D eigenvalue weighted by Crippen LogP contribution is -2.45. The second-order valence-corrected chi connectivity index (χ2v) is 5.50. The number of benzene rings is 1. The fourth-order valence-corrected chi connectivity index (χ4v) is 2.37. The van der Waals surface area contributed by atoms with Crippen LogP contribution >= 0.6 is 0 Å². The first-order chi connectivity index (χ1) is 10.3. The van der Waals surface area contributed by atoms with Crippen molar-refractivity contribution in [1.82, 2.24) is 10.2 Å². The largest absolute Gasteiger partial charge is 0.573 e. The average Bonchev–Trinajstić information content (AvgIpc) is 2.44. The van der Waals surface area contributed by atoms with E-state index in [2.05, 4.69) is 22.0 Å². The lowest BCUT2D eigenvalue weighted by Gasteiger charge is -2.31. The van der Waals surface area contributed by atoms with Crippen LogP contribution < -0.4 is 10.1 Å². The standard InChI is InChI=1S/C15H21F3N2O2/c1-11(19-9-14-10-20(2)7-8-21-14)12-3-5-13(6-4-12)22-15(16,17)18/h3-6,11,14,19H,7-10H2,1-2H3. The summed E-state index contributed by atoms with van der Waals surface area (Å²) in [6.45, 7) is 5.20. The maximum absolute atomic E-state index is 12.1. The number of rotatable bonds is 5. The summed E-state index contributed by atoms with van der Waals surface area (Å²) in [7, 11) is 2.05. The van der Waals surface area contributed by atoms with Crippen LogP contribution in [0.2, 0.25) is 0 Å². The van der Waals surface area contributed by atoms with E-state index < -0.39 is 6.36 Å². The second kappa shape index (κ2) is 7.30. The highest BCUT2D eigenvalue weighted by Gasteiger charge is 2.31. The van der Waals surface area contributed by atoms with Gasteiger partial charge in [0, 0.05) is 25.7 Å². The molecule has 7 heteroatoms. The summed E-state index contributed by atoms with van der Waals surface area (Å²) in [6, 6.07) is 5.94. The molecule has 0 spiro atoms. The number of halogens is 3. The maximum Gasteiger partial charge on any atom is 0.573 e. The van der Waals surface area contributed by atoms with Crippen LogP contribution in [0, 0.1) is 0 Å². The Kier molecular flexibility index (Phi) is 5.66. The van der Waals surface area contributed by atoms with Gasteiger partial charge in [-0.2, -0.15) is 0 Å². The van der Waals surface area contributed by atoms with E-state index in [4.69, 9.17) is 4.74 Å². The normalized spacial score (nSPS) is 21.6. The van der Waals surface area contributed by atoms with Crippen molar-refractivity contribution in [2.45, 2.75) is 25.4 Å². The zero-order valence-electron chi connectivity index (χ0n) is 12.7. The molecule has 0 saturated carbocycles. The van der Waals surface area contributed by atoms with Crippen LogP contribution in [0.15, 0.2) is 24.3 Å². The molecular weight excluding hydrogens is 297 g/mol. The van der Waals surface area contributed by atoms with Crippen LogP contribution in [0.3, 0.4) is 0 Å². The van der Waals surface area contributed by atoms with E-state index in [1.807, 2.05) is 6.92 Å². The number of likely N-dealkylation sites (N-methyl/N-ethyl adjacent to an activating group) is 1. The summed E-state index contributed by atoms with van der Waals surface area (Å²) in [4.78, 5) is 2.21. The molecule has 22 heavy (non-hydrogen) atoms. The Morgan fingerprint density at radius 2 is 2.05 bits per heavy atom. The van der Waals surface area contributed by atoms with E-state index in [9.17, 15) is 13.2 Å². The van der Waals surface area contributed by atoms with Gasteiger partial charge >= 0.3 is 6.36 Å². The van der Waals surface area contributed by atoms with Gasteiger partial charge in [0.1, 0.15) is 5.75 Å². The first-order valence-electron chi connectivity index (χ1n) is 7.23. The SMILES string of the molecule is CC(NCC1CN(C)CCO1)c1ccc(OC(F)(F)F)cc1. The molecule has 2 rings (SSSR count). The third-order valence-corrected chi connectivity index (χ3v) is 3.61. The Morgan fingerprint density at radius 1 is 1.36 bits per heavy atom. The number of hydrogen-bond donors (Lipinski definition) is 1. The number of alkyl halides is 3. The van der Waals surface area contributed by atoms with E-state index in [1.54, 1.807) is 12.1 Å². The summed E-state index contributed by atoms with van der Waals surface area (Å²) in [6.07, 6.45) is -4.52. The molecule has 0 bridgehead atoms. The Bertz CT molecular complexity index is 465. The minimum absolute atomic E-state index is 0.0239. The van der Waals surface area contributed by atoms with Gasteiger partial charge in [0.05, 0.1) is 12.7 Å². The van der Waals surface area contributed by atoms with Crippen molar-refractivity contribution < 1.29 is 22.6 Å². The van der Waals surface area contributed by atoms with Crippen LogP contribution in [0.5, 0.6) is 5.75 Å². The Morgan fingerprint density at radius 3 is 2.64 bits per heavy atom. The van der Waals surface area contributed by atoms with Gasteiger partial charge in [0.15, 0.2) is 0 Å². The monoisotopic (exact) mass is 318 g/mol. The van der Waals surface area contributed by atoms with Crippen molar-refractivity contribution in [1.29, 1.82) is 0 Å². The van der Waals surface area contributed by atoms with Gasteiger partial charge in [-0.15, -0.1) is 13.2 Å². The molecule has 1 aliphatic rings. The predicted molar refractivity (Wildman–Crippen MR) is 76.8 cm³/mol. The topological polar surface area (TPSA) is 33.7 Å². The molecule has 1 saturated heterocycles. The van der Waals surface area contributed by atoms with Gasteiger partial charge in [-0.05, 0) is 31.7 Å². The zero-order valence-corrected chi connectivity index (χ0v) is 12.7. The number of morpholine rings is 1. The summed E-state index contributed by atoms with van der Waals surface area (Å²) < 4.78 is 45.8. The summed E-state index contributed by atoms with van der Waals surface area (Å²) in [5.74, 6) is -0.208. The highest BCUT2D eigenvalue weighted by atomic mass is 19.4. The molecule has 2 atom stereocenters. The van der Waals surface area contributed by atoms with Crippen molar-refractivity contribution >= 4 is 0 Å². The Balaban J connectivity index is 1.83. The molecule has 1 fully saturated rings. The molecule has 1 N–H and O–H groups in total. The highest BCUT2D eigenvalue weighted by Crippen LogP contribution is 2.24. The summed E-state index contributed by atoms with van der Waals surface area (Å²) >= 11 is 0. The van der Waals surface area contributed by atoms with Crippen molar-refractivity contribution in [3.05, 3.63) is 29.8 Å². The maximum atomic E-state index is 12.1. The van der Waals surface area contributed by atoms with Crippen LogP contribution in [-0.4, -0.2) is 50.7 Å². The fraction of sp³-hybridized carbons (Fsp3) is 0.600. The van der Waals surface area contributed by atoms with Gasteiger partial charge in [-0.3, -0.25) is 0 Å². The zero-order chi connectivity index (χ0) is 16.2. The first-order valence-corrected chi connectivity index (χ1v) is 7.23. The first kappa shape index (κ1) is 17.1. The Labute approximate surface area is 128 Å². The summed E-state index contributed by atoms with van der Waals surface area (Å²) in [5.41, 5.74) is 0.902. The van der Waals surface area contributed by atoms with Crippen molar-refractivity contribution in [2.24, 2.45) is 0 Å². The van der Waals surface area contributed by atoms with Crippen LogP contribution in [0.25, 0.3) is 0 Å². The van der Waals surface area contributed by atoms with E-state index in [0.717, 1.165) is 25.3 Å². The molecule has 1 heterocycles. The number of hydrogen-bond acceptors (Lipinski definition) is 4. The highest BCUT2D eigenvalue weighted by molar-refractivity contribution is 5.29. The van der Waals surface area contributed by atoms with Crippen LogP contribution in [-0.2, 0) is 4.74 Å². The third-order valence-electron chi connectivity index (χ3n) is 3.61. The molecule has 0 amide bonds. The average molecular weight is 318 g/mol. The minimum atomic E-state index is -4.66. The lowest BCUT2D eigenvalue weighted by atomic mass is 10.1. The van der Waals surface area contributed by atoms with Gasteiger partial charge in [-0.25, -0.2) is 0 Å². The molecule has 0 aromatic heterocycles. The number of nitrogens with one attached hydrogen (secondary N) is 1. The smallest absolute Gasteiger partial charge is 0.406 e. The molecule has 1 aliphatic heterocycles. The van der Waals surface area contributed by atoms with Crippen molar-refractivity contribution in [3.63, 3.8) is 0 Å². The molecule has 124 valence electrons. The summed E-state index contributed by atoms with van der Waals surface area (Å²) in [5, 5.41) is 3.34. The van der Waals surface area contributed by atoms with Gasteiger partial charge in [0.2, 0.25) is 0 Å². The van der Waals surface area contributed by atoms with Crippen LogP contribution in [0.4, 0.5) is 13.2 Å². The molecular formula is C15H21F3N2O2. The van der Waals surface area contributed by atoms with Crippen molar-refractivity contribution in [3.8, 4) is 5.75 Å². The van der Waals surface area contributed by atoms with E-state index in [0.29, 0.717) is 6.54 Å². The number of ether oxygens (including phenoxy) is 2. The molecule has 0 aliphatic carbocycles. The second-order valence-electron chi connectivity index (χ2n) is 5.50. The quantitative estimate of drug-likeness (QED) is 0.905. The van der Waals surface area contributed by atoms with Gasteiger partial charge in [0.25, 0.3) is 0 Å². The molecule has 0 radical (unpaired) electrons. The molecule has 1 aromatic carbocycles. The van der Waals surface area contributed by atoms with Gasteiger partial charge in [-0.1, -0.05) is 12.1 Å². The van der Waals surface area contributed by atoms with E-state index >= 15 is 0 Å². The Hall–Kier alpha value is -1.31. The lowest BCUT2D eigenvalue weighted by molar-refractivity contribution is -0.274. The predicted octanol–water partition coefficient (Wildman–Crippen LogP) is 2.57. The van der Waals surface area contributed by atoms with E-state index in [-0.39, 0.29) is 17.9 Å². The molecule has 2 unspecified atom stereocenters. The minimum Gasteiger partial charge on any atom is -0.406 e. The third kappa shape index (κ3) is 5.47. The van der Waals surface area contributed by atoms with Crippen molar-refractivity contribution in [2.75, 3.05) is 33.3 Å². The van der Waals surface area contributed by atoms with E-state index in [1.165, 1.54) is 12.1 Å². The molecule has 1 aromatic rings. The van der Waals surface area contributed by atoms with Crippen LogP contribution in [0.1, 0.15) is 18.5 Å². The fourth-order valence-electron chi connectivity index (χ4n) is 2.37. The number of nitrogens with zero attached hydrogens (tertiary/aromatic N) is 1.